The molecule has 0 radical (unpaired) electrons. The molecule has 7 heteroatoms. The zero-order valence-electron chi connectivity index (χ0n) is 12.6. The van der Waals surface area contributed by atoms with Crippen LogP contribution in [0.15, 0.2) is 18.6 Å². The van der Waals surface area contributed by atoms with Crippen molar-refractivity contribution >= 4 is 23.1 Å². The molecule has 0 unspecified atom stereocenters. The molecule has 2 aliphatic rings. The highest BCUT2D eigenvalue weighted by Crippen LogP contribution is 2.42. The van der Waals surface area contributed by atoms with E-state index in [2.05, 4.69) is 21.8 Å². The summed E-state index contributed by atoms with van der Waals surface area (Å²) in [5, 5.41) is 0.574. The maximum atomic E-state index is 6.37. The number of fused-ring (bicyclic) bond motifs is 1. The van der Waals surface area contributed by atoms with Crippen molar-refractivity contribution in [3.8, 4) is 0 Å². The quantitative estimate of drug-likeness (QED) is 0.866. The maximum Gasteiger partial charge on any atom is 0.181 e. The minimum Gasteiger partial charge on any atom is -0.376 e. The Morgan fingerprint density at radius 3 is 2.82 bits per heavy atom. The van der Waals surface area contributed by atoms with Crippen molar-refractivity contribution in [2.75, 3.05) is 24.6 Å². The fraction of sp³-hybridized carbons (Fsp3) is 0.600. The highest BCUT2D eigenvalue weighted by molar-refractivity contribution is 6.29. The third-order valence-electron chi connectivity index (χ3n) is 5.27. The third kappa shape index (κ3) is 2.01. The van der Waals surface area contributed by atoms with Gasteiger partial charge in [0.05, 0.1) is 18.9 Å². The minimum atomic E-state index is 0.119. The zero-order chi connectivity index (χ0) is 15.3. The molecule has 0 saturated carbocycles. The number of anilines is 1. The van der Waals surface area contributed by atoms with E-state index in [0.717, 1.165) is 44.0 Å². The van der Waals surface area contributed by atoms with E-state index in [1.165, 1.54) is 0 Å². The average Bonchev–Trinajstić information content (AvgIpc) is 3.12. The van der Waals surface area contributed by atoms with Crippen molar-refractivity contribution < 1.29 is 4.74 Å². The highest BCUT2D eigenvalue weighted by atomic mass is 35.5. The fourth-order valence-corrected chi connectivity index (χ4v) is 3.92. The van der Waals surface area contributed by atoms with Crippen molar-refractivity contribution in [2.45, 2.75) is 31.9 Å². The van der Waals surface area contributed by atoms with E-state index in [0.29, 0.717) is 5.15 Å². The molecule has 2 aromatic rings. The normalized spacial score (nSPS) is 27.9. The largest absolute Gasteiger partial charge is 0.376 e. The van der Waals surface area contributed by atoms with Gasteiger partial charge in [-0.2, -0.15) is 0 Å². The van der Waals surface area contributed by atoms with Gasteiger partial charge in [0.25, 0.3) is 0 Å². The maximum absolute atomic E-state index is 6.37. The Bertz CT molecular complexity index is 694. The monoisotopic (exact) mass is 321 g/mol. The number of halogens is 1. The van der Waals surface area contributed by atoms with Crippen molar-refractivity contribution in [1.29, 1.82) is 0 Å². The van der Waals surface area contributed by atoms with Gasteiger partial charge in [-0.25, -0.2) is 9.97 Å². The number of hydrogen-bond donors (Lipinski definition) is 1. The molecule has 2 aromatic heterocycles. The van der Waals surface area contributed by atoms with E-state index >= 15 is 0 Å². The minimum absolute atomic E-state index is 0.119. The molecule has 0 aromatic carbocycles. The second-order valence-electron chi connectivity index (χ2n) is 6.42. The van der Waals surface area contributed by atoms with Crippen LogP contribution in [0.1, 0.15) is 19.8 Å². The van der Waals surface area contributed by atoms with E-state index < -0.39 is 0 Å². The molecule has 6 nitrogen and oxygen atoms in total. The molecule has 2 aliphatic heterocycles. The molecule has 4 rings (SSSR count). The summed E-state index contributed by atoms with van der Waals surface area (Å²) < 4.78 is 7.64. The van der Waals surface area contributed by atoms with E-state index in [9.17, 15) is 0 Å². The molecule has 1 spiro atoms. The predicted molar refractivity (Wildman–Crippen MR) is 85.3 cm³/mol. The molecule has 118 valence electrons. The number of nitrogens with two attached hydrogens (primary N) is 1. The van der Waals surface area contributed by atoms with E-state index in [1.54, 1.807) is 12.4 Å². The lowest BCUT2D eigenvalue weighted by Crippen LogP contribution is -2.50. The fourth-order valence-electron chi connectivity index (χ4n) is 3.74. The molecule has 2 N–H and O–H groups in total. The second kappa shape index (κ2) is 5.08. The number of imidazole rings is 1. The van der Waals surface area contributed by atoms with Crippen molar-refractivity contribution in [3.63, 3.8) is 0 Å². The molecule has 2 atom stereocenters. The third-order valence-corrected chi connectivity index (χ3v) is 5.55. The molecule has 2 fully saturated rings. The van der Waals surface area contributed by atoms with Crippen molar-refractivity contribution in [1.82, 2.24) is 14.4 Å². The lowest BCUT2D eigenvalue weighted by molar-refractivity contribution is 0.0974. The first-order chi connectivity index (χ1) is 10.6. The smallest absolute Gasteiger partial charge is 0.181 e. The van der Waals surface area contributed by atoms with Crippen LogP contribution < -0.4 is 10.6 Å². The van der Waals surface area contributed by atoms with Gasteiger partial charge in [0, 0.05) is 36.9 Å². The Hall–Kier alpha value is -1.37. The standard InChI is InChI=1S/C15H20ClN5O/c1-10-12(17)15(9-22-10)2-5-20(6-3-15)13-14-18-4-7-21(14)11(16)8-19-13/h4,7-8,10,12H,2-3,5-6,9,17H2,1H3/t10-,12+/m0/s1. The molecule has 0 amide bonds. The number of aromatic nitrogens is 3. The van der Waals surface area contributed by atoms with Crippen LogP contribution in [0.3, 0.4) is 0 Å². The van der Waals surface area contributed by atoms with Crippen LogP contribution in [0.4, 0.5) is 5.82 Å². The van der Waals surface area contributed by atoms with E-state index in [4.69, 9.17) is 22.1 Å². The first-order valence-corrected chi connectivity index (χ1v) is 8.08. The zero-order valence-corrected chi connectivity index (χ0v) is 13.3. The lowest BCUT2D eigenvalue weighted by atomic mass is 9.73. The second-order valence-corrected chi connectivity index (χ2v) is 6.80. The van der Waals surface area contributed by atoms with Gasteiger partial charge in [-0.3, -0.25) is 4.40 Å². The Morgan fingerprint density at radius 1 is 1.36 bits per heavy atom. The molecular weight excluding hydrogens is 302 g/mol. The summed E-state index contributed by atoms with van der Waals surface area (Å²) in [7, 11) is 0. The van der Waals surface area contributed by atoms with Crippen molar-refractivity contribution in [3.05, 3.63) is 23.7 Å². The van der Waals surface area contributed by atoms with E-state index in [-0.39, 0.29) is 17.6 Å². The van der Waals surface area contributed by atoms with Gasteiger partial charge >= 0.3 is 0 Å². The Balaban J connectivity index is 1.59. The van der Waals surface area contributed by atoms with Crippen LogP contribution in [0.2, 0.25) is 5.15 Å². The topological polar surface area (TPSA) is 68.7 Å². The van der Waals surface area contributed by atoms with Gasteiger partial charge in [-0.05, 0) is 19.8 Å². The molecule has 2 saturated heterocycles. The summed E-state index contributed by atoms with van der Waals surface area (Å²) >= 11 is 6.15. The SMILES string of the molecule is C[C@@H]1OCC2(CCN(c3ncc(Cl)n4ccnc34)CC2)[C@@H]1N. The number of ether oxygens (including phenoxy) is 1. The number of nitrogens with zero attached hydrogens (tertiary/aromatic N) is 4. The summed E-state index contributed by atoms with van der Waals surface area (Å²) in [5.74, 6) is 0.893. The van der Waals surface area contributed by atoms with Crippen LogP contribution in [0.5, 0.6) is 0 Å². The van der Waals surface area contributed by atoms with Crippen molar-refractivity contribution in [2.24, 2.45) is 11.1 Å². The molecule has 22 heavy (non-hydrogen) atoms. The number of rotatable bonds is 1. The van der Waals surface area contributed by atoms with Gasteiger partial charge < -0.3 is 15.4 Å². The summed E-state index contributed by atoms with van der Waals surface area (Å²) in [5.41, 5.74) is 7.30. The van der Waals surface area contributed by atoms with Gasteiger partial charge in [0.15, 0.2) is 11.5 Å². The number of piperidine rings is 1. The Kier molecular flexibility index (Phi) is 3.29. The van der Waals surface area contributed by atoms with Crippen LogP contribution in [0.25, 0.3) is 5.65 Å². The summed E-state index contributed by atoms with van der Waals surface area (Å²) in [4.78, 5) is 11.2. The van der Waals surface area contributed by atoms with Gasteiger partial charge in [-0.15, -0.1) is 0 Å². The first kappa shape index (κ1) is 14.2. The number of hydrogen-bond acceptors (Lipinski definition) is 5. The molecule has 4 heterocycles. The van der Waals surface area contributed by atoms with E-state index in [1.807, 2.05) is 10.6 Å². The summed E-state index contributed by atoms with van der Waals surface area (Å²) in [6.45, 7) is 4.68. The Morgan fingerprint density at radius 2 is 2.14 bits per heavy atom. The summed E-state index contributed by atoms with van der Waals surface area (Å²) in [6.07, 6.45) is 7.49. The first-order valence-electron chi connectivity index (χ1n) is 7.70. The van der Waals surface area contributed by atoms with Gasteiger partial charge in [0.1, 0.15) is 5.15 Å². The van der Waals surface area contributed by atoms with Crippen LogP contribution in [0, 0.1) is 5.41 Å². The van der Waals surface area contributed by atoms with Gasteiger partial charge in [0.2, 0.25) is 0 Å². The predicted octanol–water partition coefficient (Wildman–Crippen LogP) is 1.72. The summed E-state index contributed by atoms with van der Waals surface area (Å²) in [6, 6.07) is 0.124. The Labute approximate surface area is 134 Å². The molecule has 0 aliphatic carbocycles. The van der Waals surface area contributed by atoms with Gasteiger partial charge in [-0.1, -0.05) is 11.6 Å². The lowest BCUT2D eigenvalue weighted by Gasteiger charge is -2.41. The van der Waals surface area contributed by atoms with Crippen LogP contribution in [-0.2, 0) is 4.74 Å². The van der Waals surface area contributed by atoms with Crippen LogP contribution in [-0.4, -0.2) is 46.2 Å². The molecular formula is C15H20ClN5O. The van der Waals surface area contributed by atoms with Crippen LogP contribution >= 0.6 is 11.6 Å². The highest BCUT2D eigenvalue weighted by Gasteiger charge is 2.47. The average molecular weight is 322 g/mol. The molecule has 0 bridgehead atoms.